The van der Waals surface area contributed by atoms with Crippen LogP contribution in [0, 0.1) is 3.70 Å². The third-order valence-corrected chi connectivity index (χ3v) is 14.7. The first-order chi connectivity index (χ1) is 24.9. The van der Waals surface area contributed by atoms with Crippen molar-refractivity contribution in [2.24, 2.45) is 0 Å². The molecule has 0 spiro atoms. The summed E-state index contributed by atoms with van der Waals surface area (Å²) in [5.41, 5.74) is 2.00. The minimum Gasteiger partial charge on any atom is -0.496 e. The standard InChI is InChI=1S/C38H45IN6O6Si/c1-7-14-27(21-22-51-52(38(2,3)4,28-15-10-8-11-16-28)29-17-12-9-13-18-29)40-34-32-31(41-36(42-34)43-37(48)50-6)33(39)44-45(32)24-26-20-19-25(35(46)47)23-30(26)49-5/h8-13,15-20,23,27H,7,14,21-22,24H2,1-6H3,(H,46,47)(H2,40,41,42,43,48)/t27-/m0/s1. The van der Waals surface area contributed by atoms with Crippen LogP contribution >= 0.6 is 22.6 Å². The molecule has 2 aromatic heterocycles. The Morgan fingerprint density at radius 2 is 1.62 bits per heavy atom. The fourth-order valence-electron chi connectivity index (χ4n) is 6.58. The van der Waals surface area contributed by atoms with E-state index in [1.54, 1.807) is 10.7 Å². The average Bonchev–Trinajstić information content (AvgIpc) is 3.44. The lowest BCUT2D eigenvalue weighted by Crippen LogP contribution is -2.66. The summed E-state index contributed by atoms with van der Waals surface area (Å²) in [6.07, 6.45) is 1.71. The molecule has 5 rings (SSSR count). The number of methoxy groups -OCH3 is 2. The van der Waals surface area contributed by atoms with Gasteiger partial charge in [0.05, 0.1) is 26.3 Å². The number of amides is 1. The van der Waals surface area contributed by atoms with Gasteiger partial charge in [-0.1, -0.05) is 101 Å². The molecule has 3 N–H and O–H groups in total. The van der Waals surface area contributed by atoms with Gasteiger partial charge in [0.15, 0.2) is 5.82 Å². The van der Waals surface area contributed by atoms with Crippen LogP contribution in [0.1, 0.15) is 62.9 Å². The predicted molar refractivity (Wildman–Crippen MR) is 214 cm³/mol. The summed E-state index contributed by atoms with van der Waals surface area (Å²) in [5, 5.41) is 22.9. The van der Waals surface area contributed by atoms with Crippen LogP contribution < -0.4 is 25.7 Å². The highest BCUT2D eigenvalue weighted by Crippen LogP contribution is 2.37. The number of ether oxygens (including phenoxy) is 2. The molecule has 1 atom stereocenters. The zero-order valence-corrected chi connectivity index (χ0v) is 33.4. The number of halogens is 1. The molecular weight excluding hydrogens is 791 g/mol. The number of carbonyl (C=O) groups is 2. The maximum atomic E-state index is 12.3. The first-order valence-corrected chi connectivity index (χ1v) is 20.1. The van der Waals surface area contributed by atoms with Crippen molar-refractivity contribution in [3.8, 4) is 5.75 Å². The number of nitrogens with zero attached hydrogens (tertiary/aromatic N) is 4. The number of aromatic nitrogens is 4. The van der Waals surface area contributed by atoms with Gasteiger partial charge >= 0.3 is 12.1 Å². The minimum atomic E-state index is -2.75. The third kappa shape index (κ3) is 8.39. The number of aromatic carboxylic acids is 1. The van der Waals surface area contributed by atoms with E-state index in [0.717, 1.165) is 18.4 Å². The van der Waals surface area contributed by atoms with Gasteiger partial charge in [-0.15, -0.1) is 0 Å². The second-order valence-electron chi connectivity index (χ2n) is 13.4. The Labute approximate surface area is 318 Å². The van der Waals surface area contributed by atoms with Gasteiger partial charge in [0.2, 0.25) is 5.95 Å². The summed E-state index contributed by atoms with van der Waals surface area (Å²) in [4.78, 5) is 33.3. The molecule has 0 aliphatic heterocycles. The van der Waals surface area contributed by atoms with E-state index in [1.807, 2.05) is 12.1 Å². The van der Waals surface area contributed by atoms with Crippen molar-refractivity contribution < 1.29 is 28.6 Å². The molecule has 0 unspecified atom stereocenters. The largest absolute Gasteiger partial charge is 0.496 e. The molecule has 0 radical (unpaired) electrons. The van der Waals surface area contributed by atoms with Crippen LogP contribution in [0.5, 0.6) is 5.75 Å². The van der Waals surface area contributed by atoms with Gasteiger partial charge < -0.3 is 24.3 Å². The van der Waals surface area contributed by atoms with Crippen LogP contribution in [0.3, 0.4) is 0 Å². The molecule has 52 heavy (non-hydrogen) atoms. The quantitative estimate of drug-likeness (QED) is 0.0751. The first kappa shape index (κ1) is 38.7. The molecule has 1 amide bonds. The van der Waals surface area contributed by atoms with Crippen LogP contribution in [0.25, 0.3) is 11.0 Å². The van der Waals surface area contributed by atoms with Crippen molar-refractivity contribution in [3.05, 3.63) is 93.7 Å². The highest BCUT2D eigenvalue weighted by Gasteiger charge is 2.50. The first-order valence-electron chi connectivity index (χ1n) is 17.1. The van der Waals surface area contributed by atoms with Crippen molar-refractivity contribution in [1.82, 2.24) is 19.7 Å². The van der Waals surface area contributed by atoms with Crippen LogP contribution in [-0.4, -0.2) is 72.1 Å². The monoisotopic (exact) mass is 836 g/mol. The molecule has 2 heterocycles. The average molecular weight is 837 g/mol. The van der Waals surface area contributed by atoms with Gasteiger partial charge in [0.25, 0.3) is 8.32 Å². The van der Waals surface area contributed by atoms with E-state index in [0.29, 0.717) is 39.3 Å². The minimum absolute atomic E-state index is 0.0577. The second kappa shape index (κ2) is 16.9. The summed E-state index contributed by atoms with van der Waals surface area (Å²) in [7, 11) is 0.0250. The van der Waals surface area contributed by atoms with Gasteiger partial charge in [0.1, 0.15) is 20.5 Å². The van der Waals surface area contributed by atoms with Gasteiger partial charge in [0, 0.05) is 18.2 Å². The summed E-state index contributed by atoms with van der Waals surface area (Å²) in [6, 6.07) is 25.8. The van der Waals surface area contributed by atoms with Gasteiger partial charge in [-0.25, -0.2) is 14.6 Å². The summed E-state index contributed by atoms with van der Waals surface area (Å²) >= 11 is 2.11. The van der Waals surface area contributed by atoms with E-state index in [4.69, 9.17) is 24.0 Å². The zero-order valence-electron chi connectivity index (χ0n) is 30.3. The van der Waals surface area contributed by atoms with Gasteiger partial charge in [-0.3, -0.25) is 10.00 Å². The van der Waals surface area contributed by atoms with E-state index in [9.17, 15) is 14.7 Å². The third-order valence-electron chi connectivity index (χ3n) is 8.98. The van der Waals surface area contributed by atoms with Crippen LogP contribution in [0.2, 0.25) is 5.04 Å². The Morgan fingerprint density at radius 3 is 2.17 bits per heavy atom. The number of anilines is 2. The number of carbonyl (C=O) groups excluding carboxylic acids is 1. The van der Waals surface area contributed by atoms with E-state index in [2.05, 4.69) is 114 Å². The molecule has 0 fully saturated rings. The van der Waals surface area contributed by atoms with Crippen molar-refractivity contribution in [2.45, 2.75) is 64.6 Å². The smallest absolute Gasteiger partial charge is 0.413 e. The Balaban J connectivity index is 1.52. The second-order valence-corrected chi connectivity index (χ2v) is 18.7. The number of hydrogen-bond acceptors (Lipinski definition) is 9. The van der Waals surface area contributed by atoms with Gasteiger partial charge in [-0.05, 0) is 63.0 Å². The Kier molecular flexibility index (Phi) is 12.5. The van der Waals surface area contributed by atoms with Crippen LogP contribution in [0.15, 0.2) is 78.9 Å². The van der Waals surface area contributed by atoms with E-state index < -0.39 is 20.4 Å². The van der Waals surface area contributed by atoms with E-state index in [-0.39, 0.29) is 29.1 Å². The Hall–Kier alpha value is -4.54. The highest BCUT2D eigenvalue weighted by molar-refractivity contribution is 14.1. The Bertz CT molecular complexity index is 1970. The molecule has 12 nitrogen and oxygen atoms in total. The molecule has 0 saturated carbocycles. The topological polar surface area (TPSA) is 150 Å². The molecule has 0 aliphatic rings. The van der Waals surface area contributed by atoms with Crippen molar-refractivity contribution in [1.29, 1.82) is 0 Å². The molecular formula is C38H45IN6O6Si. The molecule has 3 aromatic carbocycles. The lowest BCUT2D eigenvalue weighted by Gasteiger charge is -2.43. The lowest BCUT2D eigenvalue weighted by molar-refractivity contribution is 0.0696. The summed E-state index contributed by atoms with van der Waals surface area (Å²) < 4.78 is 20.0. The highest BCUT2D eigenvalue weighted by atomic mass is 127. The molecule has 274 valence electrons. The predicted octanol–water partition coefficient (Wildman–Crippen LogP) is 6.91. The van der Waals surface area contributed by atoms with Crippen LogP contribution in [0.4, 0.5) is 16.6 Å². The number of carboxylic acid groups (broad SMARTS) is 1. The number of carboxylic acids is 1. The fourth-order valence-corrected chi connectivity index (χ4v) is 11.8. The SMILES string of the molecule is CCC[C@@H](CCO[Si](c1ccccc1)(c1ccccc1)C(C)(C)C)Nc1nc(NC(=O)OC)nc2c(I)nn(Cc3ccc(C(=O)O)cc3OC)c12. The van der Waals surface area contributed by atoms with Crippen molar-refractivity contribution >= 4 is 76.1 Å². The maximum absolute atomic E-state index is 12.3. The molecule has 0 saturated heterocycles. The molecule has 0 bridgehead atoms. The fraction of sp³-hybridized carbons (Fsp3) is 0.342. The molecule has 14 heteroatoms. The van der Waals surface area contributed by atoms with Crippen molar-refractivity contribution in [2.75, 3.05) is 31.5 Å². The van der Waals surface area contributed by atoms with E-state index >= 15 is 0 Å². The number of rotatable bonds is 15. The number of hydrogen-bond donors (Lipinski definition) is 3. The molecule has 0 aliphatic carbocycles. The van der Waals surface area contributed by atoms with Crippen molar-refractivity contribution in [3.63, 3.8) is 0 Å². The zero-order chi connectivity index (χ0) is 37.5. The van der Waals surface area contributed by atoms with Gasteiger partial charge in [-0.2, -0.15) is 10.1 Å². The summed E-state index contributed by atoms with van der Waals surface area (Å²) in [5.74, 6) is -0.0731. The maximum Gasteiger partial charge on any atom is 0.413 e. The number of nitrogens with one attached hydrogen (secondary N) is 2. The lowest BCUT2D eigenvalue weighted by atomic mass is 10.1. The molecule has 5 aromatic rings. The number of benzene rings is 3. The van der Waals surface area contributed by atoms with Crippen LogP contribution in [-0.2, 0) is 15.7 Å². The number of fused-ring (bicyclic) bond motifs is 1. The summed E-state index contributed by atoms with van der Waals surface area (Å²) in [6.45, 7) is 9.68. The van der Waals surface area contributed by atoms with E-state index in [1.165, 1.54) is 36.7 Å². The normalized spacial score (nSPS) is 12.4. The Morgan fingerprint density at radius 1 is 0.962 bits per heavy atom.